The van der Waals surface area contributed by atoms with Crippen LogP contribution in [0.2, 0.25) is 0 Å². The van der Waals surface area contributed by atoms with Crippen LogP contribution in [0.5, 0.6) is 0 Å². The van der Waals surface area contributed by atoms with Gasteiger partial charge in [-0.1, -0.05) is 6.92 Å². The van der Waals surface area contributed by atoms with Crippen molar-refractivity contribution in [2.45, 2.75) is 52.0 Å². The minimum absolute atomic E-state index is 0.298. The van der Waals surface area contributed by atoms with Crippen LogP contribution in [0.4, 0.5) is 0 Å². The molecule has 0 heterocycles. The van der Waals surface area contributed by atoms with Gasteiger partial charge in [0, 0.05) is 19.1 Å². The van der Waals surface area contributed by atoms with Crippen molar-refractivity contribution in [2.24, 2.45) is 17.1 Å². The summed E-state index contributed by atoms with van der Waals surface area (Å²) in [7, 11) is 0. The molecule has 1 amide bonds. The maximum absolute atomic E-state index is 12.5. The Kier molecular flexibility index (Phi) is 3.24. The lowest BCUT2D eigenvalue weighted by Crippen LogP contribution is -2.47. The molecule has 2 N–H and O–H groups in total. The van der Waals surface area contributed by atoms with Crippen LogP contribution >= 0.6 is 0 Å². The van der Waals surface area contributed by atoms with E-state index in [9.17, 15) is 4.79 Å². The molecule has 2 fully saturated rings. The number of rotatable bonds is 6. The Labute approximate surface area is 98.4 Å². The minimum atomic E-state index is -0.336. The van der Waals surface area contributed by atoms with Gasteiger partial charge in [-0.2, -0.15) is 0 Å². The highest BCUT2D eigenvalue weighted by molar-refractivity contribution is 5.83. The molecular formula is C13H24N2O. The van der Waals surface area contributed by atoms with Crippen molar-refractivity contribution < 1.29 is 4.79 Å². The largest absolute Gasteiger partial charge is 0.339 e. The Morgan fingerprint density at radius 3 is 2.38 bits per heavy atom. The topological polar surface area (TPSA) is 46.3 Å². The van der Waals surface area contributed by atoms with Gasteiger partial charge in [-0.3, -0.25) is 4.79 Å². The van der Waals surface area contributed by atoms with E-state index in [2.05, 4.69) is 11.8 Å². The zero-order valence-electron chi connectivity index (χ0n) is 10.5. The summed E-state index contributed by atoms with van der Waals surface area (Å²) in [5.74, 6) is 1.08. The van der Waals surface area contributed by atoms with Gasteiger partial charge in [0.2, 0.25) is 5.91 Å². The summed E-state index contributed by atoms with van der Waals surface area (Å²) >= 11 is 0. The van der Waals surface area contributed by atoms with E-state index in [0.29, 0.717) is 18.5 Å². The lowest BCUT2D eigenvalue weighted by atomic mass is 9.86. The molecule has 2 rings (SSSR count). The van der Waals surface area contributed by atoms with Crippen molar-refractivity contribution in [2.75, 3.05) is 13.1 Å². The molecule has 3 nitrogen and oxygen atoms in total. The van der Waals surface area contributed by atoms with Crippen LogP contribution in [0.3, 0.4) is 0 Å². The molecule has 2 saturated carbocycles. The quantitative estimate of drug-likeness (QED) is 0.747. The van der Waals surface area contributed by atoms with Gasteiger partial charge < -0.3 is 10.6 Å². The van der Waals surface area contributed by atoms with Crippen molar-refractivity contribution in [3.05, 3.63) is 0 Å². The van der Waals surface area contributed by atoms with E-state index in [1.54, 1.807) is 0 Å². The molecule has 2 aliphatic rings. The highest BCUT2D eigenvalue weighted by atomic mass is 16.2. The first-order valence-corrected chi connectivity index (χ1v) is 6.62. The van der Waals surface area contributed by atoms with Gasteiger partial charge >= 0.3 is 0 Å². The van der Waals surface area contributed by atoms with E-state index in [-0.39, 0.29) is 5.41 Å². The monoisotopic (exact) mass is 224 g/mol. The maximum Gasteiger partial charge on any atom is 0.230 e. The predicted octanol–water partition coefficient (Wildman–Crippen LogP) is 1.76. The molecule has 0 saturated heterocycles. The third-order valence-electron chi connectivity index (χ3n) is 4.15. The number of hydrogen-bond donors (Lipinski definition) is 1. The van der Waals surface area contributed by atoms with E-state index in [4.69, 9.17) is 5.73 Å². The average Bonchev–Trinajstić information content (AvgIpc) is 3.16. The Bertz CT molecular complexity index is 265. The fourth-order valence-corrected chi connectivity index (χ4v) is 2.09. The number of nitrogens with two attached hydrogens (primary N) is 1. The second kappa shape index (κ2) is 4.36. The van der Waals surface area contributed by atoms with E-state index in [1.807, 2.05) is 6.92 Å². The van der Waals surface area contributed by atoms with Gasteiger partial charge in [0.05, 0.1) is 5.41 Å². The SMILES string of the molecule is CCC(C)(CN)C(=O)N(CC1CC1)C1CC1. The van der Waals surface area contributed by atoms with Crippen molar-refractivity contribution >= 4 is 5.91 Å². The lowest BCUT2D eigenvalue weighted by molar-refractivity contribution is -0.141. The van der Waals surface area contributed by atoms with E-state index < -0.39 is 0 Å². The molecule has 3 heteroatoms. The molecule has 1 unspecified atom stereocenters. The number of hydrogen-bond acceptors (Lipinski definition) is 2. The highest BCUT2D eigenvalue weighted by Crippen LogP contribution is 2.37. The summed E-state index contributed by atoms with van der Waals surface area (Å²) in [6.07, 6.45) is 5.85. The lowest BCUT2D eigenvalue weighted by Gasteiger charge is -2.33. The minimum Gasteiger partial charge on any atom is -0.339 e. The predicted molar refractivity (Wildman–Crippen MR) is 64.9 cm³/mol. The standard InChI is InChI=1S/C13H24N2O/c1-3-13(2,9-14)12(16)15(11-6-7-11)8-10-4-5-10/h10-11H,3-9,14H2,1-2H3. The Morgan fingerprint density at radius 2 is 2.00 bits per heavy atom. The van der Waals surface area contributed by atoms with Crippen LogP contribution in [-0.2, 0) is 4.79 Å². The zero-order valence-corrected chi connectivity index (χ0v) is 10.5. The third kappa shape index (κ3) is 2.40. The molecule has 2 aliphatic carbocycles. The molecule has 0 spiro atoms. The van der Waals surface area contributed by atoms with Gasteiger partial charge in [-0.05, 0) is 44.9 Å². The molecule has 0 aliphatic heterocycles. The molecule has 0 aromatic heterocycles. The number of amides is 1. The van der Waals surface area contributed by atoms with Crippen LogP contribution < -0.4 is 5.73 Å². The van der Waals surface area contributed by atoms with Crippen molar-refractivity contribution in [1.82, 2.24) is 4.90 Å². The molecule has 0 bridgehead atoms. The molecule has 1 atom stereocenters. The Balaban J connectivity index is 2.02. The summed E-state index contributed by atoms with van der Waals surface area (Å²) in [6, 6.07) is 0.533. The summed E-state index contributed by atoms with van der Waals surface area (Å²) in [5.41, 5.74) is 5.44. The molecule has 16 heavy (non-hydrogen) atoms. The van der Waals surface area contributed by atoms with Crippen LogP contribution in [0.15, 0.2) is 0 Å². The molecular weight excluding hydrogens is 200 g/mol. The van der Waals surface area contributed by atoms with Crippen LogP contribution in [0.25, 0.3) is 0 Å². The number of nitrogens with zero attached hydrogens (tertiary/aromatic N) is 1. The number of carbonyl (C=O) groups excluding carboxylic acids is 1. The van der Waals surface area contributed by atoms with Gasteiger partial charge in [0.25, 0.3) is 0 Å². The summed E-state index contributed by atoms with van der Waals surface area (Å²) in [5, 5.41) is 0. The van der Waals surface area contributed by atoms with E-state index in [0.717, 1.165) is 18.9 Å². The first kappa shape index (κ1) is 11.9. The molecule has 0 aromatic rings. The fourth-order valence-electron chi connectivity index (χ4n) is 2.09. The number of carbonyl (C=O) groups is 1. The zero-order chi connectivity index (χ0) is 11.8. The van der Waals surface area contributed by atoms with Gasteiger partial charge in [-0.15, -0.1) is 0 Å². The Morgan fingerprint density at radius 1 is 1.38 bits per heavy atom. The highest BCUT2D eigenvalue weighted by Gasteiger charge is 2.42. The van der Waals surface area contributed by atoms with Crippen molar-refractivity contribution in [1.29, 1.82) is 0 Å². The third-order valence-corrected chi connectivity index (χ3v) is 4.15. The summed E-state index contributed by atoms with van der Waals surface area (Å²) in [4.78, 5) is 14.7. The maximum atomic E-state index is 12.5. The first-order valence-electron chi connectivity index (χ1n) is 6.62. The van der Waals surface area contributed by atoms with E-state index in [1.165, 1.54) is 25.7 Å². The first-order chi connectivity index (χ1) is 7.60. The smallest absolute Gasteiger partial charge is 0.230 e. The van der Waals surface area contributed by atoms with Crippen LogP contribution in [-0.4, -0.2) is 29.9 Å². The average molecular weight is 224 g/mol. The summed E-state index contributed by atoms with van der Waals surface area (Å²) < 4.78 is 0. The Hall–Kier alpha value is -0.570. The van der Waals surface area contributed by atoms with Crippen molar-refractivity contribution in [3.63, 3.8) is 0 Å². The van der Waals surface area contributed by atoms with E-state index >= 15 is 0 Å². The summed E-state index contributed by atoms with van der Waals surface area (Å²) in [6.45, 7) is 5.53. The molecule has 0 radical (unpaired) electrons. The van der Waals surface area contributed by atoms with Gasteiger partial charge in [0.1, 0.15) is 0 Å². The second-order valence-electron chi connectivity index (χ2n) is 5.75. The van der Waals surface area contributed by atoms with Crippen LogP contribution in [0.1, 0.15) is 46.0 Å². The second-order valence-corrected chi connectivity index (χ2v) is 5.75. The van der Waals surface area contributed by atoms with Gasteiger partial charge in [0.15, 0.2) is 0 Å². The van der Waals surface area contributed by atoms with Gasteiger partial charge in [-0.25, -0.2) is 0 Å². The molecule has 92 valence electrons. The van der Waals surface area contributed by atoms with Crippen molar-refractivity contribution in [3.8, 4) is 0 Å². The van der Waals surface area contributed by atoms with Crippen LogP contribution in [0, 0.1) is 11.3 Å². The fraction of sp³-hybridized carbons (Fsp3) is 0.923. The normalized spacial score (nSPS) is 23.9. The molecule has 0 aromatic carbocycles.